The van der Waals surface area contributed by atoms with E-state index >= 15 is 0 Å². The molecule has 27 heavy (non-hydrogen) atoms. The summed E-state index contributed by atoms with van der Waals surface area (Å²) in [6, 6.07) is 7.19. The van der Waals surface area contributed by atoms with Gasteiger partial charge in [-0.3, -0.25) is 9.59 Å². The molecule has 1 amide bonds. The fourth-order valence-electron chi connectivity index (χ4n) is 3.10. The van der Waals surface area contributed by atoms with Crippen molar-refractivity contribution in [3.63, 3.8) is 0 Å². The molecule has 1 N–H and O–H groups in total. The van der Waals surface area contributed by atoms with Crippen LogP contribution in [0, 0.1) is 6.92 Å². The molecule has 3 heterocycles. The second kappa shape index (κ2) is 6.70. The molecule has 4 rings (SSSR count). The lowest BCUT2D eigenvalue weighted by Gasteiger charge is -2.06. The number of amides is 1. The number of hydrogen-bond acceptors (Lipinski definition) is 6. The minimum atomic E-state index is -0.236. The van der Waals surface area contributed by atoms with Crippen molar-refractivity contribution in [2.24, 2.45) is 7.05 Å². The van der Waals surface area contributed by atoms with Crippen molar-refractivity contribution in [3.8, 4) is 11.4 Å². The number of carbonyl (C=O) groups is 2. The van der Waals surface area contributed by atoms with E-state index in [2.05, 4.69) is 15.5 Å². The van der Waals surface area contributed by atoms with E-state index in [1.807, 2.05) is 31.5 Å². The molecule has 0 radical (unpaired) electrons. The Morgan fingerprint density at radius 1 is 1.33 bits per heavy atom. The molecule has 0 unspecified atom stereocenters. The summed E-state index contributed by atoms with van der Waals surface area (Å²) in [4.78, 5) is 24.4. The van der Waals surface area contributed by atoms with Crippen LogP contribution in [0.3, 0.4) is 0 Å². The first-order valence-corrected chi connectivity index (χ1v) is 9.49. The smallest absolute Gasteiger partial charge is 0.231 e. The number of nitrogens with one attached hydrogen (secondary N) is 1. The average molecular weight is 382 g/mol. The van der Waals surface area contributed by atoms with Crippen LogP contribution in [0.1, 0.15) is 34.5 Å². The molecule has 0 saturated carbocycles. The maximum absolute atomic E-state index is 12.6. The molecule has 8 heteroatoms. The van der Waals surface area contributed by atoms with E-state index in [-0.39, 0.29) is 23.4 Å². The van der Waals surface area contributed by atoms with Crippen molar-refractivity contribution >= 4 is 29.1 Å². The van der Waals surface area contributed by atoms with Gasteiger partial charge in [0.15, 0.2) is 16.8 Å². The first kappa shape index (κ1) is 17.5. The molecule has 0 aliphatic carbocycles. The van der Waals surface area contributed by atoms with Crippen LogP contribution < -0.4 is 5.32 Å². The van der Waals surface area contributed by atoms with Crippen LogP contribution >= 0.6 is 11.8 Å². The van der Waals surface area contributed by atoms with Gasteiger partial charge in [0.05, 0.1) is 23.5 Å². The number of carbonyl (C=O) groups excluding carboxylic acids is 2. The SMILES string of the molecule is Cc1occc1-c1nnc(SCC(=O)c2ccc3c(c2)[C@@H](C)C(=O)N3)n1C. The summed E-state index contributed by atoms with van der Waals surface area (Å²) in [5, 5.41) is 11.9. The van der Waals surface area contributed by atoms with Crippen LogP contribution in [0.4, 0.5) is 5.69 Å². The van der Waals surface area contributed by atoms with Gasteiger partial charge >= 0.3 is 0 Å². The van der Waals surface area contributed by atoms with E-state index in [1.54, 1.807) is 24.5 Å². The minimum absolute atomic E-state index is 0.0154. The molecule has 1 aromatic carbocycles. The lowest BCUT2D eigenvalue weighted by Crippen LogP contribution is -2.08. The Labute approximate surface area is 160 Å². The van der Waals surface area contributed by atoms with Gasteiger partial charge in [-0.2, -0.15) is 0 Å². The zero-order valence-corrected chi connectivity index (χ0v) is 16.0. The van der Waals surface area contributed by atoms with Gasteiger partial charge in [-0.15, -0.1) is 10.2 Å². The molecule has 138 valence electrons. The van der Waals surface area contributed by atoms with Crippen molar-refractivity contribution in [1.82, 2.24) is 14.8 Å². The van der Waals surface area contributed by atoms with Gasteiger partial charge in [-0.25, -0.2) is 0 Å². The van der Waals surface area contributed by atoms with Gasteiger partial charge in [0, 0.05) is 18.3 Å². The maximum atomic E-state index is 12.6. The number of thioether (sulfide) groups is 1. The van der Waals surface area contributed by atoms with Crippen LogP contribution in [-0.4, -0.2) is 32.2 Å². The van der Waals surface area contributed by atoms with Crippen molar-refractivity contribution in [2.45, 2.75) is 24.9 Å². The van der Waals surface area contributed by atoms with E-state index in [4.69, 9.17) is 4.42 Å². The maximum Gasteiger partial charge on any atom is 0.231 e. The zero-order valence-electron chi connectivity index (χ0n) is 15.1. The molecule has 1 atom stereocenters. The summed E-state index contributed by atoms with van der Waals surface area (Å²) in [6.45, 7) is 3.71. The third-order valence-corrected chi connectivity index (χ3v) is 5.78. The summed E-state index contributed by atoms with van der Waals surface area (Å²) in [6.07, 6.45) is 1.62. The summed E-state index contributed by atoms with van der Waals surface area (Å²) >= 11 is 1.34. The highest BCUT2D eigenvalue weighted by Gasteiger charge is 2.27. The van der Waals surface area contributed by atoms with Crippen LogP contribution in [0.25, 0.3) is 11.4 Å². The van der Waals surface area contributed by atoms with Gasteiger partial charge in [0.2, 0.25) is 5.91 Å². The molecule has 2 aromatic heterocycles. The monoisotopic (exact) mass is 382 g/mol. The average Bonchev–Trinajstić information content (AvgIpc) is 3.31. The van der Waals surface area contributed by atoms with Crippen molar-refractivity contribution in [2.75, 3.05) is 11.1 Å². The number of furan rings is 1. The number of fused-ring (bicyclic) bond motifs is 1. The lowest BCUT2D eigenvalue weighted by molar-refractivity contribution is -0.116. The number of benzene rings is 1. The highest BCUT2D eigenvalue weighted by Crippen LogP contribution is 2.33. The second-order valence-corrected chi connectivity index (χ2v) is 7.42. The van der Waals surface area contributed by atoms with Gasteiger partial charge in [-0.1, -0.05) is 11.8 Å². The summed E-state index contributed by atoms with van der Waals surface area (Å²) in [5.41, 5.74) is 3.13. The molecule has 0 fully saturated rings. The van der Waals surface area contributed by atoms with Crippen molar-refractivity contribution < 1.29 is 14.0 Å². The Bertz CT molecular complexity index is 1050. The van der Waals surface area contributed by atoms with E-state index in [0.29, 0.717) is 16.5 Å². The Kier molecular flexibility index (Phi) is 4.35. The van der Waals surface area contributed by atoms with Crippen LogP contribution in [0.5, 0.6) is 0 Å². The normalized spacial score (nSPS) is 15.7. The van der Waals surface area contributed by atoms with Crippen molar-refractivity contribution in [3.05, 3.63) is 47.4 Å². The zero-order chi connectivity index (χ0) is 19.1. The fourth-order valence-corrected chi connectivity index (χ4v) is 3.90. The van der Waals surface area contributed by atoms with Crippen LogP contribution in [-0.2, 0) is 11.8 Å². The number of Topliss-reactive ketones (excluding diaryl/α,β-unsaturated/α-hetero) is 1. The second-order valence-electron chi connectivity index (χ2n) is 6.48. The molecule has 7 nitrogen and oxygen atoms in total. The molecule has 0 bridgehead atoms. The molecule has 0 spiro atoms. The van der Waals surface area contributed by atoms with Gasteiger partial charge in [-0.05, 0) is 43.7 Å². The standard InChI is InChI=1S/C19H18N4O3S/c1-10-14-8-12(4-5-15(14)20-18(10)25)16(24)9-27-19-22-21-17(23(19)3)13-6-7-26-11(13)2/h4-8,10H,9H2,1-3H3,(H,20,25)/t10-/m1/s1. The summed E-state index contributed by atoms with van der Waals surface area (Å²) < 4.78 is 7.17. The molecule has 3 aromatic rings. The number of rotatable bonds is 5. The van der Waals surface area contributed by atoms with Crippen LogP contribution in [0.2, 0.25) is 0 Å². The fraction of sp³-hybridized carbons (Fsp3) is 0.263. The van der Waals surface area contributed by atoms with Gasteiger partial charge in [0.25, 0.3) is 0 Å². The highest BCUT2D eigenvalue weighted by atomic mass is 32.2. The predicted octanol–water partition coefficient (Wildman–Crippen LogP) is 3.41. The Balaban J connectivity index is 1.49. The molecular weight excluding hydrogens is 364 g/mol. The largest absolute Gasteiger partial charge is 0.469 e. The van der Waals surface area contributed by atoms with E-state index in [0.717, 1.165) is 22.6 Å². The summed E-state index contributed by atoms with van der Waals surface area (Å²) in [5.74, 6) is 1.43. The first-order chi connectivity index (χ1) is 13.0. The summed E-state index contributed by atoms with van der Waals surface area (Å²) in [7, 11) is 1.86. The first-order valence-electron chi connectivity index (χ1n) is 8.50. The van der Waals surface area contributed by atoms with E-state index < -0.39 is 0 Å². The number of aryl methyl sites for hydroxylation is 1. The predicted molar refractivity (Wildman–Crippen MR) is 102 cm³/mol. The van der Waals surface area contributed by atoms with Crippen LogP contribution in [0.15, 0.2) is 40.1 Å². The Morgan fingerprint density at radius 2 is 2.15 bits per heavy atom. The molecule has 1 aliphatic rings. The van der Waals surface area contributed by atoms with Crippen molar-refractivity contribution in [1.29, 1.82) is 0 Å². The number of ketones is 1. The number of anilines is 1. The highest BCUT2D eigenvalue weighted by molar-refractivity contribution is 7.99. The quantitative estimate of drug-likeness (QED) is 0.537. The van der Waals surface area contributed by atoms with Gasteiger partial charge < -0.3 is 14.3 Å². The number of nitrogens with zero attached hydrogens (tertiary/aromatic N) is 3. The molecular formula is C19H18N4O3S. The van der Waals surface area contributed by atoms with Gasteiger partial charge in [0.1, 0.15) is 5.76 Å². The Morgan fingerprint density at radius 3 is 2.89 bits per heavy atom. The minimum Gasteiger partial charge on any atom is -0.469 e. The number of hydrogen-bond donors (Lipinski definition) is 1. The van der Waals surface area contributed by atoms with E-state index in [1.165, 1.54) is 11.8 Å². The third-order valence-electron chi connectivity index (χ3n) is 4.76. The van der Waals surface area contributed by atoms with E-state index in [9.17, 15) is 9.59 Å². The topological polar surface area (TPSA) is 90.0 Å². The lowest BCUT2D eigenvalue weighted by atomic mass is 9.99. The Hall–Kier alpha value is -2.87. The molecule has 0 saturated heterocycles. The number of aromatic nitrogens is 3. The molecule has 1 aliphatic heterocycles. The third kappa shape index (κ3) is 3.06.